The number of aliphatic carboxylic acids is 1. The first kappa shape index (κ1) is 20.4. The molecule has 7 heteroatoms. The summed E-state index contributed by atoms with van der Waals surface area (Å²) in [6, 6.07) is 3.97. The number of carbonyl (C=O) groups is 2. The molecule has 1 aromatic carbocycles. The van der Waals surface area contributed by atoms with Crippen molar-refractivity contribution >= 4 is 11.9 Å². The zero-order valence-electron chi connectivity index (χ0n) is 16.2. The van der Waals surface area contributed by atoms with Crippen molar-refractivity contribution in [2.24, 2.45) is 0 Å². The topological polar surface area (TPSA) is 84.3 Å². The van der Waals surface area contributed by atoms with Crippen LogP contribution in [0.4, 0.5) is 0 Å². The van der Waals surface area contributed by atoms with E-state index in [9.17, 15) is 19.9 Å². The Hall–Kier alpha value is -1.96. The summed E-state index contributed by atoms with van der Waals surface area (Å²) in [5, 5.41) is 24.7. The highest BCUT2D eigenvalue weighted by molar-refractivity contribution is 5.87. The number of hydrazine groups is 1. The molecule has 2 rings (SSSR count). The lowest BCUT2D eigenvalue weighted by molar-refractivity contribution is -0.215. The Morgan fingerprint density at radius 1 is 1.12 bits per heavy atom. The number of hydrogen-bond donors (Lipinski definition) is 2. The minimum atomic E-state index is -1.57. The van der Waals surface area contributed by atoms with Gasteiger partial charge in [-0.15, -0.1) is 0 Å². The van der Waals surface area contributed by atoms with Gasteiger partial charge in [-0.2, -0.15) is 0 Å². The maximum atomic E-state index is 12.7. The molecule has 26 heavy (non-hydrogen) atoms. The zero-order chi connectivity index (χ0) is 19.6. The Kier molecular flexibility index (Phi) is 6.05. The second-order valence-electron chi connectivity index (χ2n) is 7.40. The summed E-state index contributed by atoms with van der Waals surface area (Å²) in [5.74, 6) is -1.75. The molecule has 1 amide bonds. The predicted octanol–water partition coefficient (Wildman–Crippen LogP) is 1.77. The summed E-state index contributed by atoms with van der Waals surface area (Å²) in [6.07, 6.45) is 0.337. The quantitative estimate of drug-likeness (QED) is 0.613. The minimum absolute atomic E-state index is 0.0130. The molecule has 0 spiro atoms. The Balaban J connectivity index is 2.21. The molecule has 144 valence electrons. The number of nitrogens with zero attached hydrogens (tertiary/aromatic N) is 3. The van der Waals surface area contributed by atoms with E-state index in [0.29, 0.717) is 18.2 Å². The summed E-state index contributed by atoms with van der Waals surface area (Å²) in [5.41, 5.74) is 2.31. The molecule has 1 aliphatic rings. The lowest BCUT2D eigenvalue weighted by Crippen LogP contribution is -2.62. The molecule has 1 heterocycles. The number of carboxylic acids is 1. The van der Waals surface area contributed by atoms with E-state index in [2.05, 4.69) is 0 Å². The van der Waals surface area contributed by atoms with Gasteiger partial charge in [-0.05, 0) is 50.3 Å². The third kappa shape index (κ3) is 3.90. The van der Waals surface area contributed by atoms with E-state index < -0.39 is 17.4 Å². The maximum Gasteiger partial charge on any atom is 0.332 e. The number of rotatable bonds is 5. The molecule has 0 unspecified atom stereocenters. The first-order valence-corrected chi connectivity index (χ1v) is 8.82. The van der Waals surface area contributed by atoms with Gasteiger partial charge in [-0.3, -0.25) is 10.0 Å². The average molecular weight is 363 g/mol. The lowest BCUT2D eigenvalue weighted by Gasteiger charge is -2.44. The van der Waals surface area contributed by atoms with Crippen molar-refractivity contribution in [1.29, 1.82) is 0 Å². The molecule has 1 aromatic rings. The Labute approximate surface area is 154 Å². The van der Waals surface area contributed by atoms with Crippen LogP contribution in [-0.2, 0) is 16.0 Å². The molecule has 0 saturated carbocycles. The standard InChI is InChI=1S/C19H29N3O4/c1-13-10-14(2)16(15(3)11-13)12-17(23)22(26)19(18(24)25)6-8-21(9-7-19)20(4)5/h10-11,26H,6-9,12H2,1-5H3,(H,24,25). The Morgan fingerprint density at radius 2 is 1.62 bits per heavy atom. The van der Waals surface area contributed by atoms with Crippen LogP contribution in [0, 0.1) is 20.8 Å². The third-order valence-electron chi connectivity index (χ3n) is 5.34. The van der Waals surface area contributed by atoms with Crippen LogP contribution in [0.1, 0.15) is 35.1 Å². The van der Waals surface area contributed by atoms with Crippen molar-refractivity contribution in [3.63, 3.8) is 0 Å². The highest BCUT2D eigenvalue weighted by Gasteiger charge is 2.49. The molecule has 0 aromatic heterocycles. The molecule has 0 radical (unpaired) electrons. The van der Waals surface area contributed by atoms with Crippen LogP contribution in [0.15, 0.2) is 12.1 Å². The van der Waals surface area contributed by atoms with Gasteiger partial charge in [0.05, 0.1) is 6.42 Å². The molecule has 1 saturated heterocycles. The lowest BCUT2D eigenvalue weighted by atomic mass is 9.86. The normalized spacial score (nSPS) is 17.3. The van der Waals surface area contributed by atoms with Crippen molar-refractivity contribution in [2.45, 2.75) is 45.6 Å². The van der Waals surface area contributed by atoms with E-state index in [0.717, 1.165) is 22.3 Å². The summed E-state index contributed by atoms with van der Waals surface area (Å²) in [7, 11) is 3.77. The van der Waals surface area contributed by atoms with E-state index in [4.69, 9.17) is 0 Å². The fourth-order valence-corrected chi connectivity index (χ4v) is 3.73. The number of piperidine rings is 1. The van der Waals surface area contributed by atoms with E-state index in [1.54, 1.807) is 0 Å². The molecular formula is C19H29N3O4. The van der Waals surface area contributed by atoms with Crippen molar-refractivity contribution < 1.29 is 19.9 Å². The first-order chi connectivity index (χ1) is 12.1. The number of hydrogen-bond acceptors (Lipinski definition) is 5. The number of benzene rings is 1. The van der Waals surface area contributed by atoms with Crippen LogP contribution in [-0.4, -0.2) is 70.0 Å². The van der Waals surface area contributed by atoms with Gasteiger partial charge in [-0.1, -0.05) is 17.7 Å². The van der Waals surface area contributed by atoms with E-state index in [1.807, 2.05) is 57.0 Å². The molecule has 0 atom stereocenters. The maximum absolute atomic E-state index is 12.7. The fraction of sp³-hybridized carbons (Fsp3) is 0.579. The smallest absolute Gasteiger partial charge is 0.332 e. The summed E-state index contributed by atoms with van der Waals surface area (Å²) < 4.78 is 0. The van der Waals surface area contributed by atoms with Crippen LogP contribution < -0.4 is 0 Å². The monoisotopic (exact) mass is 363 g/mol. The van der Waals surface area contributed by atoms with Crippen molar-refractivity contribution in [1.82, 2.24) is 15.1 Å². The summed E-state index contributed by atoms with van der Waals surface area (Å²) in [4.78, 5) is 24.7. The van der Waals surface area contributed by atoms with Crippen LogP contribution in [0.2, 0.25) is 0 Å². The van der Waals surface area contributed by atoms with Gasteiger partial charge in [0.25, 0.3) is 5.91 Å². The zero-order valence-corrected chi connectivity index (χ0v) is 16.2. The van der Waals surface area contributed by atoms with Crippen molar-refractivity contribution in [3.05, 3.63) is 34.4 Å². The predicted molar refractivity (Wildman–Crippen MR) is 97.9 cm³/mol. The second-order valence-corrected chi connectivity index (χ2v) is 7.40. The Bertz CT molecular complexity index is 671. The van der Waals surface area contributed by atoms with Gasteiger partial charge in [-0.25, -0.2) is 19.9 Å². The van der Waals surface area contributed by atoms with Crippen molar-refractivity contribution in [2.75, 3.05) is 27.2 Å². The third-order valence-corrected chi connectivity index (χ3v) is 5.34. The number of aryl methyl sites for hydroxylation is 3. The molecule has 0 bridgehead atoms. The van der Waals surface area contributed by atoms with E-state index >= 15 is 0 Å². The highest BCUT2D eigenvalue weighted by atomic mass is 16.5. The number of amides is 1. The number of carbonyl (C=O) groups excluding carboxylic acids is 1. The largest absolute Gasteiger partial charge is 0.479 e. The van der Waals surface area contributed by atoms with Gasteiger partial charge in [0.15, 0.2) is 5.54 Å². The molecule has 0 aliphatic carbocycles. The fourth-order valence-electron chi connectivity index (χ4n) is 3.73. The van der Waals surface area contributed by atoms with Gasteiger partial charge in [0.2, 0.25) is 0 Å². The molecule has 1 aliphatic heterocycles. The van der Waals surface area contributed by atoms with Crippen LogP contribution in [0.5, 0.6) is 0 Å². The van der Waals surface area contributed by atoms with Crippen LogP contribution in [0.3, 0.4) is 0 Å². The molecular weight excluding hydrogens is 334 g/mol. The molecule has 1 fully saturated rings. The van der Waals surface area contributed by atoms with E-state index in [1.165, 1.54) is 0 Å². The van der Waals surface area contributed by atoms with Gasteiger partial charge in [0.1, 0.15) is 0 Å². The van der Waals surface area contributed by atoms with Crippen LogP contribution in [0.25, 0.3) is 0 Å². The molecule has 7 nitrogen and oxygen atoms in total. The van der Waals surface area contributed by atoms with Crippen molar-refractivity contribution in [3.8, 4) is 0 Å². The Morgan fingerprint density at radius 3 is 2.04 bits per heavy atom. The summed E-state index contributed by atoms with van der Waals surface area (Å²) >= 11 is 0. The van der Waals surface area contributed by atoms with Gasteiger partial charge in [0, 0.05) is 27.2 Å². The minimum Gasteiger partial charge on any atom is -0.479 e. The number of carboxylic acid groups (broad SMARTS) is 1. The summed E-state index contributed by atoms with van der Waals surface area (Å²) in [6.45, 7) is 6.76. The average Bonchev–Trinajstić information content (AvgIpc) is 2.56. The molecule has 2 N–H and O–H groups in total. The highest BCUT2D eigenvalue weighted by Crippen LogP contribution is 2.30. The number of hydroxylamine groups is 2. The second kappa shape index (κ2) is 7.73. The van der Waals surface area contributed by atoms with Gasteiger partial charge < -0.3 is 5.11 Å². The first-order valence-electron chi connectivity index (χ1n) is 8.82. The SMILES string of the molecule is Cc1cc(C)c(CC(=O)N(O)C2(C(=O)O)CCN(N(C)C)CC2)c(C)c1. The van der Waals surface area contributed by atoms with Gasteiger partial charge >= 0.3 is 5.97 Å². The van der Waals surface area contributed by atoms with Crippen LogP contribution >= 0.6 is 0 Å². The van der Waals surface area contributed by atoms with E-state index in [-0.39, 0.29) is 19.3 Å².